The zero-order chi connectivity index (χ0) is 12.5. The van der Waals surface area contributed by atoms with E-state index in [0.717, 1.165) is 6.54 Å². The Hall–Kier alpha value is -0.860. The van der Waals surface area contributed by atoms with Crippen LogP contribution in [-0.4, -0.2) is 31.1 Å². The van der Waals surface area contributed by atoms with Crippen molar-refractivity contribution in [3.05, 3.63) is 35.4 Å². The van der Waals surface area contributed by atoms with Crippen molar-refractivity contribution in [2.75, 3.05) is 20.6 Å². The van der Waals surface area contributed by atoms with Crippen LogP contribution in [0.5, 0.6) is 0 Å². The monoisotopic (exact) mass is 232 g/mol. The van der Waals surface area contributed by atoms with Crippen molar-refractivity contribution >= 4 is 0 Å². The molecule has 2 unspecified atom stereocenters. The van der Waals surface area contributed by atoms with Crippen LogP contribution in [-0.2, 0) is 0 Å². The zero-order valence-electron chi connectivity index (χ0n) is 11.2. The van der Waals surface area contributed by atoms with Crippen LogP contribution < -0.4 is 5.73 Å². The lowest BCUT2D eigenvalue weighted by molar-refractivity contribution is 0.165. The Kier molecular flexibility index (Phi) is 3.55. The minimum absolute atomic E-state index is 0.215. The molecule has 0 radical (unpaired) electrons. The highest BCUT2D eigenvalue weighted by Crippen LogP contribution is 2.43. The van der Waals surface area contributed by atoms with E-state index in [-0.39, 0.29) is 5.54 Å². The minimum Gasteiger partial charge on any atom is -0.329 e. The van der Waals surface area contributed by atoms with Gasteiger partial charge in [0.1, 0.15) is 0 Å². The molecule has 2 nitrogen and oxygen atoms in total. The molecular weight excluding hydrogens is 208 g/mol. The molecule has 1 aliphatic rings. The van der Waals surface area contributed by atoms with Crippen molar-refractivity contribution in [2.45, 2.75) is 37.6 Å². The summed E-state index contributed by atoms with van der Waals surface area (Å²) >= 11 is 0. The molecule has 17 heavy (non-hydrogen) atoms. The van der Waals surface area contributed by atoms with E-state index in [1.54, 1.807) is 0 Å². The predicted octanol–water partition coefficient (Wildman–Crippen LogP) is 2.52. The second-order valence-corrected chi connectivity index (χ2v) is 5.62. The van der Waals surface area contributed by atoms with Crippen LogP contribution in [0.1, 0.15) is 36.3 Å². The van der Waals surface area contributed by atoms with Crippen LogP contribution in [0, 0.1) is 6.92 Å². The smallest absolute Gasteiger partial charge is 0.0331 e. The van der Waals surface area contributed by atoms with Gasteiger partial charge in [0, 0.05) is 12.1 Å². The molecule has 94 valence electrons. The molecule has 0 bridgehead atoms. The van der Waals surface area contributed by atoms with Gasteiger partial charge in [-0.05, 0) is 57.3 Å². The molecule has 0 aliphatic heterocycles. The molecule has 2 heteroatoms. The molecule has 0 aromatic heterocycles. The first kappa shape index (κ1) is 12.6. The Bertz CT molecular complexity index is 386. The standard InChI is InChI=1S/C15H24N2/c1-12-6-4-5-7-14(12)13-8-9-15(10-13,11-16)17(2)3/h4-7,13H,8-11,16H2,1-3H3. The van der Waals surface area contributed by atoms with Gasteiger partial charge >= 0.3 is 0 Å². The van der Waals surface area contributed by atoms with Gasteiger partial charge in [-0.2, -0.15) is 0 Å². The Labute approximate surface area is 105 Å². The van der Waals surface area contributed by atoms with E-state index in [2.05, 4.69) is 50.2 Å². The lowest BCUT2D eigenvalue weighted by Crippen LogP contribution is -2.48. The van der Waals surface area contributed by atoms with E-state index in [1.165, 1.54) is 30.4 Å². The summed E-state index contributed by atoms with van der Waals surface area (Å²) in [5, 5.41) is 0. The first-order chi connectivity index (χ1) is 8.09. The molecule has 1 saturated carbocycles. The van der Waals surface area contributed by atoms with E-state index < -0.39 is 0 Å². The molecule has 0 spiro atoms. The Morgan fingerprint density at radius 2 is 2.06 bits per heavy atom. The molecule has 2 rings (SSSR count). The Morgan fingerprint density at radius 1 is 1.35 bits per heavy atom. The van der Waals surface area contributed by atoms with Crippen LogP contribution in [0.25, 0.3) is 0 Å². The second kappa shape index (κ2) is 4.79. The van der Waals surface area contributed by atoms with Crippen molar-refractivity contribution in [1.29, 1.82) is 0 Å². The third kappa shape index (κ3) is 2.24. The molecule has 0 heterocycles. The molecule has 1 aromatic rings. The summed E-state index contributed by atoms with van der Waals surface area (Å²) in [5.41, 5.74) is 9.16. The van der Waals surface area contributed by atoms with E-state index in [9.17, 15) is 0 Å². The van der Waals surface area contributed by atoms with E-state index in [1.807, 2.05) is 0 Å². The first-order valence-corrected chi connectivity index (χ1v) is 6.52. The van der Waals surface area contributed by atoms with Crippen molar-refractivity contribution in [3.63, 3.8) is 0 Å². The maximum Gasteiger partial charge on any atom is 0.0331 e. The molecular formula is C15H24N2. The lowest BCUT2D eigenvalue weighted by Gasteiger charge is -2.35. The SMILES string of the molecule is Cc1ccccc1C1CCC(CN)(N(C)C)C1. The molecule has 0 amide bonds. The average molecular weight is 232 g/mol. The van der Waals surface area contributed by atoms with Gasteiger partial charge < -0.3 is 10.6 Å². The third-order valence-corrected chi connectivity index (χ3v) is 4.54. The number of benzene rings is 1. The van der Waals surface area contributed by atoms with E-state index >= 15 is 0 Å². The number of nitrogens with zero attached hydrogens (tertiary/aromatic N) is 1. The highest BCUT2D eigenvalue weighted by Gasteiger charge is 2.40. The summed E-state index contributed by atoms with van der Waals surface area (Å²) in [6, 6.07) is 8.77. The van der Waals surface area contributed by atoms with Crippen LogP contribution in [0.15, 0.2) is 24.3 Å². The number of hydrogen-bond acceptors (Lipinski definition) is 2. The quantitative estimate of drug-likeness (QED) is 0.867. The second-order valence-electron chi connectivity index (χ2n) is 5.62. The normalized spacial score (nSPS) is 28.9. The topological polar surface area (TPSA) is 29.3 Å². The van der Waals surface area contributed by atoms with Crippen LogP contribution in [0.3, 0.4) is 0 Å². The minimum atomic E-state index is 0.215. The van der Waals surface area contributed by atoms with Gasteiger partial charge in [-0.25, -0.2) is 0 Å². The summed E-state index contributed by atoms with van der Waals surface area (Å²) in [6.45, 7) is 2.98. The summed E-state index contributed by atoms with van der Waals surface area (Å²) < 4.78 is 0. The molecule has 0 saturated heterocycles. The fourth-order valence-corrected chi connectivity index (χ4v) is 3.19. The number of likely N-dealkylation sites (N-methyl/N-ethyl adjacent to an activating group) is 1. The Balaban J connectivity index is 2.20. The van der Waals surface area contributed by atoms with Gasteiger partial charge in [0.15, 0.2) is 0 Å². The average Bonchev–Trinajstić information content (AvgIpc) is 2.75. The summed E-state index contributed by atoms with van der Waals surface area (Å²) in [4.78, 5) is 2.32. The molecule has 1 aromatic carbocycles. The summed E-state index contributed by atoms with van der Waals surface area (Å²) in [7, 11) is 4.32. The van der Waals surface area contributed by atoms with E-state index in [0.29, 0.717) is 5.92 Å². The first-order valence-electron chi connectivity index (χ1n) is 6.52. The number of rotatable bonds is 3. The van der Waals surface area contributed by atoms with Crippen LogP contribution in [0.2, 0.25) is 0 Å². The highest BCUT2D eigenvalue weighted by atomic mass is 15.2. The van der Waals surface area contributed by atoms with Gasteiger partial charge in [-0.15, -0.1) is 0 Å². The fraction of sp³-hybridized carbons (Fsp3) is 0.600. The highest BCUT2D eigenvalue weighted by molar-refractivity contribution is 5.31. The number of nitrogens with two attached hydrogens (primary N) is 1. The maximum absolute atomic E-state index is 6.01. The van der Waals surface area contributed by atoms with E-state index in [4.69, 9.17) is 5.73 Å². The number of hydrogen-bond donors (Lipinski definition) is 1. The van der Waals surface area contributed by atoms with Crippen LogP contribution >= 0.6 is 0 Å². The maximum atomic E-state index is 6.01. The summed E-state index contributed by atoms with van der Waals surface area (Å²) in [6.07, 6.45) is 3.68. The molecule has 2 N–H and O–H groups in total. The van der Waals surface area contributed by atoms with Gasteiger partial charge in [-0.1, -0.05) is 24.3 Å². The van der Waals surface area contributed by atoms with Crippen molar-refractivity contribution < 1.29 is 0 Å². The molecule has 2 atom stereocenters. The lowest BCUT2D eigenvalue weighted by atomic mass is 9.89. The fourth-order valence-electron chi connectivity index (χ4n) is 3.19. The van der Waals surface area contributed by atoms with Crippen molar-refractivity contribution in [1.82, 2.24) is 4.90 Å². The van der Waals surface area contributed by atoms with Crippen molar-refractivity contribution in [2.24, 2.45) is 5.73 Å². The zero-order valence-corrected chi connectivity index (χ0v) is 11.2. The van der Waals surface area contributed by atoms with Crippen molar-refractivity contribution in [3.8, 4) is 0 Å². The van der Waals surface area contributed by atoms with Gasteiger partial charge in [-0.3, -0.25) is 0 Å². The predicted molar refractivity (Wildman–Crippen MR) is 73.2 cm³/mol. The van der Waals surface area contributed by atoms with Gasteiger partial charge in [0.2, 0.25) is 0 Å². The third-order valence-electron chi connectivity index (χ3n) is 4.54. The van der Waals surface area contributed by atoms with Crippen LogP contribution in [0.4, 0.5) is 0 Å². The number of aryl methyl sites for hydroxylation is 1. The van der Waals surface area contributed by atoms with Gasteiger partial charge in [0.05, 0.1) is 0 Å². The van der Waals surface area contributed by atoms with Gasteiger partial charge in [0.25, 0.3) is 0 Å². The molecule has 1 aliphatic carbocycles. The Morgan fingerprint density at radius 3 is 2.59 bits per heavy atom. The largest absolute Gasteiger partial charge is 0.329 e. The summed E-state index contributed by atoms with van der Waals surface area (Å²) in [5.74, 6) is 0.683. The molecule has 1 fully saturated rings.